The van der Waals surface area contributed by atoms with Gasteiger partial charge in [0.2, 0.25) is 0 Å². The number of ether oxygens (including phenoxy) is 3. The zero-order valence-electron chi connectivity index (χ0n) is 53.6. The number of allylic oxidation sites excluding steroid dienone is 10. The molecule has 0 saturated heterocycles. The summed E-state index contributed by atoms with van der Waals surface area (Å²) in [7, 11) is 0. The van der Waals surface area contributed by atoms with Gasteiger partial charge in [-0.15, -0.1) is 0 Å². The average molecular weight is 1120 g/mol. The van der Waals surface area contributed by atoms with E-state index in [9.17, 15) is 14.4 Å². The van der Waals surface area contributed by atoms with Crippen molar-refractivity contribution >= 4 is 17.9 Å². The number of hydrogen-bond donors (Lipinski definition) is 0. The third-order valence-corrected chi connectivity index (χ3v) is 15.8. The molecule has 1 unspecified atom stereocenters. The van der Waals surface area contributed by atoms with E-state index in [1.54, 1.807) is 0 Å². The minimum atomic E-state index is -0.791. The van der Waals surface area contributed by atoms with Crippen LogP contribution in [0.25, 0.3) is 0 Å². The van der Waals surface area contributed by atoms with Gasteiger partial charge in [0, 0.05) is 19.3 Å². The molecule has 1 atom stereocenters. The lowest BCUT2D eigenvalue weighted by molar-refractivity contribution is -0.167. The molecule has 0 aliphatic heterocycles. The van der Waals surface area contributed by atoms with Crippen LogP contribution in [0.5, 0.6) is 0 Å². The van der Waals surface area contributed by atoms with Gasteiger partial charge in [-0.05, 0) is 83.5 Å². The van der Waals surface area contributed by atoms with Crippen molar-refractivity contribution in [1.29, 1.82) is 0 Å². The first-order valence-electron chi connectivity index (χ1n) is 35.3. The molecular formula is C74H134O6. The van der Waals surface area contributed by atoms with Gasteiger partial charge in [0.05, 0.1) is 0 Å². The second kappa shape index (κ2) is 68.6. The topological polar surface area (TPSA) is 78.9 Å². The summed E-state index contributed by atoms with van der Waals surface area (Å²) >= 11 is 0. The van der Waals surface area contributed by atoms with Crippen LogP contribution in [0.15, 0.2) is 60.8 Å². The molecule has 0 aliphatic rings. The van der Waals surface area contributed by atoms with Crippen LogP contribution in [-0.2, 0) is 28.6 Å². The lowest BCUT2D eigenvalue weighted by Gasteiger charge is -2.18. The lowest BCUT2D eigenvalue weighted by Crippen LogP contribution is -2.30. The molecule has 0 heterocycles. The van der Waals surface area contributed by atoms with Crippen LogP contribution < -0.4 is 0 Å². The van der Waals surface area contributed by atoms with E-state index >= 15 is 0 Å². The normalized spacial score (nSPS) is 12.4. The zero-order chi connectivity index (χ0) is 57.8. The van der Waals surface area contributed by atoms with Crippen molar-refractivity contribution in [3.63, 3.8) is 0 Å². The number of carbonyl (C=O) groups excluding carboxylic acids is 3. The summed E-state index contributed by atoms with van der Waals surface area (Å²) in [5.41, 5.74) is 0. The summed E-state index contributed by atoms with van der Waals surface area (Å²) < 4.78 is 16.9. The van der Waals surface area contributed by atoms with Gasteiger partial charge in [-0.2, -0.15) is 0 Å². The number of unbranched alkanes of at least 4 members (excludes halogenated alkanes) is 44. The molecule has 0 aromatic carbocycles. The Morgan fingerprint density at radius 2 is 0.487 bits per heavy atom. The van der Waals surface area contributed by atoms with Gasteiger partial charge in [0.15, 0.2) is 6.10 Å². The maximum absolute atomic E-state index is 12.9. The van der Waals surface area contributed by atoms with E-state index in [0.717, 1.165) is 96.3 Å². The fourth-order valence-electron chi connectivity index (χ4n) is 10.5. The van der Waals surface area contributed by atoms with E-state index in [1.165, 1.54) is 238 Å². The SMILES string of the molecule is CC/C=C\C/C=C\C/C=C\CCCCCC(=O)OCC(COC(=O)CCCCCCCCCCCCCCCCCCCCCCCCCCCCCCCCC)OC(=O)CCCCCCCCC/C=C\C/C=C\CCCCCC. The Morgan fingerprint density at radius 3 is 0.787 bits per heavy atom. The molecule has 0 saturated carbocycles. The summed E-state index contributed by atoms with van der Waals surface area (Å²) in [4.78, 5) is 38.3. The summed E-state index contributed by atoms with van der Waals surface area (Å²) in [6.45, 7) is 6.53. The summed E-state index contributed by atoms with van der Waals surface area (Å²) in [5, 5.41) is 0. The van der Waals surface area contributed by atoms with E-state index < -0.39 is 6.10 Å². The molecule has 0 spiro atoms. The molecule has 80 heavy (non-hydrogen) atoms. The van der Waals surface area contributed by atoms with Gasteiger partial charge in [0.1, 0.15) is 13.2 Å². The minimum Gasteiger partial charge on any atom is -0.462 e. The van der Waals surface area contributed by atoms with Crippen LogP contribution in [0.1, 0.15) is 374 Å². The molecule has 0 aliphatic carbocycles. The fraction of sp³-hybridized carbons (Fsp3) is 0.824. The zero-order valence-corrected chi connectivity index (χ0v) is 53.6. The van der Waals surface area contributed by atoms with Crippen LogP contribution in [0.4, 0.5) is 0 Å². The monoisotopic (exact) mass is 1120 g/mol. The van der Waals surface area contributed by atoms with Gasteiger partial charge < -0.3 is 14.2 Å². The van der Waals surface area contributed by atoms with Gasteiger partial charge in [0.25, 0.3) is 0 Å². The minimum absolute atomic E-state index is 0.0839. The maximum atomic E-state index is 12.9. The molecule has 0 bridgehead atoms. The first-order valence-corrected chi connectivity index (χ1v) is 35.3. The summed E-state index contributed by atoms with van der Waals surface area (Å²) in [5.74, 6) is -0.903. The molecule has 466 valence electrons. The molecule has 6 nitrogen and oxygen atoms in total. The number of carbonyl (C=O) groups is 3. The van der Waals surface area contributed by atoms with Gasteiger partial charge in [-0.25, -0.2) is 0 Å². The third kappa shape index (κ3) is 65.9. The van der Waals surface area contributed by atoms with Crippen LogP contribution in [-0.4, -0.2) is 37.2 Å². The van der Waals surface area contributed by atoms with Crippen LogP contribution in [0.3, 0.4) is 0 Å². The first-order chi connectivity index (χ1) is 39.5. The quantitative estimate of drug-likeness (QED) is 0.0261. The summed E-state index contributed by atoms with van der Waals surface area (Å²) in [6, 6.07) is 0. The molecule has 0 radical (unpaired) electrons. The van der Waals surface area contributed by atoms with Crippen molar-refractivity contribution in [3.8, 4) is 0 Å². The first kappa shape index (κ1) is 77.1. The Kier molecular flexibility index (Phi) is 66.1. The fourth-order valence-corrected chi connectivity index (χ4v) is 10.5. The highest BCUT2D eigenvalue weighted by atomic mass is 16.6. The van der Waals surface area contributed by atoms with Crippen LogP contribution in [0.2, 0.25) is 0 Å². The smallest absolute Gasteiger partial charge is 0.306 e. The molecule has 0 N–H and O–H groups in total. The van der Waals surface area contributed by atoms with Crippen molar-refractivity contribution in [2.45, 2.75) is 380 Å². The van der Waals surface area contributed by atoms with E-state index in [-0.39, 0.29) is 31.1 Å². The molecule has 0 rings (SSSR count). The van der Waals surface area contributed by atoms with E-state index in [2.05, 4.69) is 81.5 Å². The second-order valence-corrected chi connectivity index (χ2v) is 23.8. The van der Waals surface area contributed by atoms with Crippen molar-refractivity contribution in [2.75, 3.05) is 13.2 Å². The highest BCUT2D eigenvalue weighted by molar-refractivity contribution is 5.71. The van der Waals surface area contributed by atoms with Crippen molar-refractivity contribution < 1.29 is 28.6 Å². The Morgan fingerprint density at radius 1 is 0.263 bits per heavy atom. The molecule has 6 heteroatoms. The third-order valence-electron chi connectivity index (χ3n) is 15.8. The molecule has 0 aromatic heterocycles. The van der Waals surface area contributed by atoms with Crippen LogP contribution >= 0.6 is 0 Å². The predicted octanol–water partition coefficient (Wildman–Crippen LogP) is 24.3. The lowest BCUT2D eigenvalue weighted by atomic mass is 10.0. The Labute approximate surface area is 498 Å². The van der Waals surface area contributed by atoms with Gasteiger partial charge in [-0.3, -0.25) is 14.4 Å². The molecule has 0 amide bonds. The van der Waals surface area contributed by atoms with E-state index in [1.807, 2.05) is 0 Å². The molecule has 0 fully saturated rings. The predicted molar refractivity (Wildman–Crippen MR) is 348 cm³/mol. The van der Waals surface area contributed by atoms with Crippen LogP contribution in [0, 0.1) is 0 Å². The number of esters is 3. The number of hydrogen-bond acceptors (Lipinski definition) is 6. The number of rotatable bonds is 65. The Balaban J connectivity index is 4.16. The highest BCUT2D eigenvalue weighted by Gasteiger charge is 2.19. The summed E-state index contributed by atoms with van der Waals surface area (Å²) in [6.07, 6.45) is 88.4. The highest BCUT2D eigenvalue weighted by Crippen LogP contribution is 2.18. The van der Waals surface area contributed by atoms with Crippen molar-refractivity contribution in [3.05, 3.63) is 60.8 Å². The molecular weight excluding hydrogens is 985 g/mol. The largest absolute Gasteiger partial charge is 0.462 e. The Bertz CT molecular complexity index is 1430. The van der Waals surface area contributed by atoms with Gasteiger partial charge >= 0.3 is 17.9 Å². The molecule has 0 aromatic rings. The maximum Gasteiger partial charge on any atom is 0.306 e. The van der Waals surface area contributed by atoms with Crippen molar-refractivity contribution in [2.24, 2.45) is 0 Å². The van der Waals surface area contributed by atoms with Gasteiger partial charge in [-0.1, -0.05) is 332 Å². The Hall–Kier alpha value is -2.89. The van der Waals surface area contributed by atoms with E-state index in [0.29, 0.717) is 19.3 Å². The standard InChI is InChI=1S/C74H134O6/c1-4-7-10-13-16-19-22-25-27-29-31-32-33-34-35-36-37-38-39-40-41-42-43-45-46-49-52-55-58-61-64-67-73(76)79-70-71(69-78-72(75)66-63-60-57-54-51-48-24-21-18-15-12-9-6-3)80-74(77)68-65-62-59-56-53-50-47-44-30-28-26-23-20-17-14-11-8-5-2/h9,12,18,20-21,23,28,30,48,51,71H,4-8,10-11,13-17,19,22,24-27,29,31-47,49-50,52-70H2,1-3H3/b12-9-,21-18-,23-20-,30-28-,51-48-. The second-order valence-electron chi connectivity index (χ2n) is 23.8. The average Bonchev–Trinajstić information content (AvgIpc) is 3.46. The van der Waals surface area contributed by atoms with Crippen molar-refractivity contribution in [1.82, 2.24) is 0 Å². The van der Waals surface area contributed by atoms with E-state index in [4.69, 9.17) is 14.2 Å².